The van der Waals surface area contributed by atoms with Crippen LogP contribution in [-0.4, -0.2) is 25.3 Å². The quantitative estimate of drug-likeness (QED) is 0.852. The molecule has 1 atom stereocenters. The molecule has 1 aromatic heterocycles. The third-order valence-corrected chi connectivity index (χ3v) is 3.86. The number of benzene rings is 1. The Labute approximate surface area is 143 Å². The van der Waals surface area contributed by atoms with E-state index in [0.29, 0.717) is 5.56 Å². The number of carbonyl (C=O) groups excluding carboxylic acids is 1. The largest absolute Gasteiger partial charge is 0.508 e. The van der Waals surface area contributed by atoms with Gasteiger partial charge in [-0.15, -0.1) is 0 Å². The molecule has 1 aliphatic rings. The van der Waals surface area contributed by atoms with E-state index in [1.165, 1.54) is 32.6 Å². The molecule has 3 rings (SSSR count). The van der Waals surface area contributed by atoms with Gasteiger partial charge in [-0.05, 0) is 19.1 Å². The SMILES string of the molecule is C/C=C/c1occ([C@@H]2OC(=O)c3cc(O)cc(OC)c32)c(=O)c1OC. The van der Waals surface area contributed by atoms with Crippen LogP contribution in [0, 0.1) is 0 Å². The van der Waals surface area contributed by atoms with Crippen LogP contribution in [0.25, 0.3) is 6.08 Å². The smallest absolute Gasteiger partial charge is 0.339 e. The number of rotatable bonds is 4. The second-order valence-electron chi connectivity index (χ2n) is 5.31. The van der Waals surface area contributed by atoms with Gasteiger partial charge in [0, 0.05) is 6.07 Å². The van der Waals surface area contributed by atoms with Crippen LogP contribution in [0.5, 0.6) is 17.2 Å². The number of fused-ring (bicyclic) bond motifs is 1. The maximum absolute atomic E-state index is 12.8. The topological polar surface area (TPSA) is 95.2 Å². The zero-order valence-electron chi connectivity index (χ0n) is 13.9. The van der Waals surface area contributed by atoms with Crippen molar-refractivity contribution in [3.8, 4) is 17.2 Å². The van der Waals surface area contributed by atoms with Gasteiger partial charge in [-0.1, -0.05) is 6.08 Å². The lowest BCUT2D eigenvalue weighted by atomic mass is 9.98. The molecule has 0 spiro atoms. The Morgan fingerprint density at radius 1 is 1.20 bits per heavy atom. The minimum Gasteiger partial charge on any atom is -0.508 e. The highest BCUT2D eigenvalue weighted by molar-refractivity contribution is 5.96. The lowest BCUT2D eigenvalue weighted by molar-refractivity contribution is 0.0449. The highest BCUT2D eigenvalue weighted by atomic mass is 16.6. The van der Waals surface area contributed by atoms with E-state index in [4.69, 9.17) is 18.6 Å². The summed E-state index contributed by atoms with van der Waals surface area (Å²) in [6, 6.07) is 2.62. The number of phenols is 1. The standard InChI is InChI=1S/C18H16O7/c1-4-5-12-17(23-3)15(20)11(8-24-12)16-14-10(18(21)25-16)6-9(19)7-13(14)22-2/h4-8,16,19H,1-3H3/b5-4+/t16-/m0/s1. The van der Waals surface area contributed by atoms with Crippen LogP contribution >= 0.6 is 0 Å². The fourth-order valence-electron chi connectivity index (χ4n) is 2.79. The summed E-state index contributed by atoms with van der Waals surface area (Å²) in [5.41, 5.74) is 0.139. The molecule has 7 heteroatoms. The molecular formula is C18H16O7. The molecule has 1 aromatic carbocycles. The minimum absolute atomic E-state index is 0.0119. The van der Waals surface area contributed by atoms with Gasteiger partial charge in [0.2, 0.25) is 11.2 Å². The molecule has 0 saturated carbocycles. The summed E-state index contributed by atoms with van der Waals surface area (Å²) < 4.78 is 21.2. The van der Waals surface area contributed by atoms with Crippen LogP contribution < -0.4 is 14.9 Å². The van der Waals surface area contributed by atoms with E-state index < -0.39 is 17.5 Å². The first kappa shape index (κ1) is 16.6. The van der Waals surface area contributed by atoms with E-state index in [2.05, 4.69) is 0 Å². The van der Waals surface area contributed by atoms with Crippen molar-refractivity contribution in [1.82, 2.24) is 0 Å². The first-order chi connectivity index (χ1) is 12.0. The van der Waals surface area contributed by atoms with Crippen LogP contribution in [0.2, 0.25) is 0 Å². The molecule has 0 bridgehead atoms. The van der Waals surface area contributed by atoms with Gasteiger partial charge in [0.1, 0.15) is 17.8 Å². The first-order valence-corrected chi connectivity index (χ1v) is 7.46. The van der Waals surface area contributed by atoms with Crippen molar-refractivity contribution in [1.29, 1.82) is 0 Å². The Kier molecular flexibility index (Phi) is 4.22. The average molecular weight is 344 g/mol. The van der Waals surface area contributed by atoms with E-state index in [1.807, 2.05) is 0 Å². The molecule has 7 nitrogen and oxygen atoms in total. The van der Waals surface area contributed by atoms with Crippen LogP contribution in [0.4, 0.5) is 0 Å². The molecule has 1 aliphatic heterocycles. The number of cyclic esters (lactones) is 1. The molecule has 0 amide bonds. The van der Waals surface area contributed by atoms with Gasteiger partial charge in [0.25, 0.3) is 0 Å². The molecule has 0 saturated heterocycles. The number of hydrogen-bond acceptors (Lipinski definition) is 7. The molecule has 0 aliphatic carbocycles. The van der Waals surface area contributed by atoms with Crippen molar-refractivity contribution in [3.05, 3.63) is 57.1 Å². The van der Waals surface area contributed by atoms with Crippen molar-refractivity contribution in [3.63, 3.8) is 0 Å². The van der Waals surface area contributed by atoms with Gasteiger partial charge in [-0.3, -0.25) is 4.79 Å². The van der Waals surface area contributed by atoms with Crippen LogP contribution in [-0.2, 0) is 4.74 Å². The molecule has 25 heavy (non-hydrogen) atoms. The summed E-state index contributed by atoms with van der Waals surface area (Å²) in [7, 11) is 2.75. The maximum Gasteiger partial charge on any atom is 0.339 e. The fourth-order valence-corrected chi connectivity index (χ4v) is 2.79. The van der Waals surface area contributed by atoms with Crippen LogP contribution in [0.3, 0.4) is 0 Å². The predicted octanol–water partition coefficient (Wildman–Crippen LogP) is 2.66. The monoisotopic (exact) mass is 344 g/mol. The molecule has 130 valence electrons. The van der Waals surface area contributed by atoms with E-state index in [9.17, 15) is 14.7 Å². The lowest BCUT2D eigenvalue weighted by Crippen LogP contribution is -2.17. The van der Waals surface area contributed by atoms with Gasteiger partial charge < -0.3 is 23.7 Å². The fraction of sp³-hybridized carbons (Fsp3) is 0.222. The Balaban J connectivity index is 2.21. The van der Waals surface area contributed by atoms with Crippen molar-refractivity contribution < 1.29 is 28.5 Å². The number of ether oxygens (including phenoxy) is 3. The summed E-state index contributed by atoms with van der Waals surface area (Å²) >= 11 is 0. The van der Waals surface area contributed by atoms with Gasteiger partial charge in [0.05, 0.1) is 30.9 Å². The highest BCUT2D eigenvalue weighted by Crippen LogP contribution is 2.43. The maximum atomic E-state index is 12.8. The number of phenolic OH excluding ortho intramolecular Hbond substituents is 1. The molecule has 2 aromatic rings. The summed E-state index contributed by atoms with van der Waals surface area (Å²) in [6.07, 6.45) is 3.52. The Morgan fingerprint density at radius 3 is 2.60 bits per heavy atom. The average Bonchev–Trinajstić information content (AvgIpc) is 2.91. The minimum atomic E-state index is -1.01. The molecule has 1 N–H and O–H groups in total. The second kappa shape index (κ2) is 6.35. The summed E-state index contributed by atoms with van der Waals surface area (Å²) in [6.45, 7) is 1.78. The normalized spacial score (nSPS) is 16.0. The number of methoxy groups -OCH3 is 2. The van der Waals surface area contributed by atoms with Crippen LogP contribution in [0.15, 0.2) is 33.7 Å². The first-order valence-electron chi connectivity index (χ1n) is 7.46. The number of aromatic hydroxyl groups is 1. The summed E-state index contributed by atoms with van der Waals surface area (Å²) in [5.74, 6) is -0.285. The van der Waals surface area contributed by atoms with Gasteiger partial charge in [-0.25, -0.2) is 4.79 Å². The molecule has 0 fully saturated rings. The number of allylic oxidation sites excluding steroid dienone is 1. The number of carbonyl (C=O) groups is 1. The van der Waals surface area contributed by atoms with E-state index in [1.54, 1.807) is 19.1 Å². The van der Waals surface area contributed by atoms with E-state index in [0.717, 1.165) is 0 Å². The number of esters is 1. The third-order valence-electron chi connectivity index (χ3n) is 3.86. The van der Waals surface area contributed by atoms with Gasteiger partial charge >= 0.3 is 5.97 Å². The Hall–Kier alpha value is -3.22. The predicted molar refractivity (Wildman–Crippen MR) is 88.2 cm³/mol. The third kappa shape index (κ3) is 2.63. The summed E-state index contributed by atoms with van der Waals surface area (Å²) in [5, 5.41) is 9.72. The molecular weight excluding hydrogens is 328 g/mol. The van der Waals surface area contributed by atoms with Crippen molar-refractivity contribution in [2.45, 2.75) is 13.0 Å². The molecule has 2 heterocycles. The van der Waals surface area contributed by atoms with Crippen LogP contribution in [0.1, 0.15) is 40.3 Å². The number of hydrogen-bond donors (Lipinski definition) is 1. The molecule has 0 unspecified atom stereocenters. The van der Waals surface area contributed by atoms with Crippen molar-refractivity contribution >= 4 is 12.0 Å². The van der Waals surface area contributed by atoms with Crippen molar-refractivity contribution in [2.75, 3.05) is 14.2 Å². The lowest BCUT2D eigenvalue weighted by Gasteiger charge is -2.14. The van der Waals surface area contributed by atoms with Crippen molar-refractivity contribution in [2.24, 2.45) is 0 Å². The molecule has 0 radical (unpaired) electrons. The van der Waals surface area contributed by atoms with E-state index in [-0.39, 0.29) is 34.1 Å². The summed E-state index contributed by atoms with van der Waals surface area (Å²) in [4.78, 5) is 24.9. The van der Waals surface area contributed by atoms with Gasteiger partial charge in [-0.2, -0.15) is 0 Å². The zero-order valence-corrected chi connectivity index (χ0v) is 13.9. The van der Waals surface area contributed by atoms with E-state index >= 15 is 0 Å². The Bertz CT molecular complexity index is 924. The zero-order chi connectivity index (χ0) is 18.1. The second-order valence-corrected chi connectivity index (χ2v) is 5.31. The Morgan fingerprint density at radius 2 is 1.96 bits per heavy atom. The highest BCUT2D eigenvalue weighted by Gasteiger charge is 2.38. The van der Waals surface area contributed by atoms with Gasteiger partial charge in [0.15, 0.2) is 11.9 Å².